The molecule has 2 aliphatic rings. The molecule has 1 fully saturated rings. The highest BCUT2D eigenvalue weighted by Crippen LogP contribution is 2.36. The molecule has 7 heteroatoms. The lowest BCUT2D eigenvalue weighted by Gasteiger charge is -2.39. The number of amides is 3. The summed E-state index contributed by atoms with van der Waals surface area (Å²) in [6, 6.07) is 16.3. The van der Waals surface area contributed by atoms with Crippen molar-refractivity contribution in [1.29, 1.82) is 0 Å². The van der Waals surface area contributed by atoms with Crippen molar-refractivity contribution in [3.63, 3.8) is 0 Å². The van der Waals surface area contributed by atoms with Gasteiger partial charge in [-0.15, -0.1) is 0 Å². The van der Waals surface area contributed by atoms with E-state index in [0.29, 0.717) is 18.4 Å². The predicted octanol–water partition coefficient (Wildman–Crippen LogP) is 1.26. The Balaban J connectivity index is 1.60. The fourth-order valence-corrected chi connectivity index (χ4v) is 4.87. The summed E-state index contributed by atoms with van der Waals surface area (Å²) in [4.78, 5) is 41.0. The van der Waals surface area contributed by atoms with Gasteiger partial charge < -0.3 is 21.3 Å². The molecule has 0 bridgehead atoms. The first-order valence-electron chi connectivity index (χ1n) is 11.1. The van der Waals surface area contributed by atoms with E-state index in [1.54, 1.807) is 11.0 Å². The zero-order valence-electron chi connectivity index (χ0n) is 18.5. The molecule has 2 heterocycles. The first kappa shape index (κ1) is 22.0. The van der Waals surface area contributed by atoms with Crippen LogP contribution >= 0.6 is 0 Å². The van der Waals surface area contributed by atoms with Crippen LogP contribution in [0.2, 0.25) is 0 Å². The predicted molar refractivity (Wildman–Crippen MR) is 122 cm³/mol. The summed E-state index contributed by atoms with van der Waals surface area (Å²) in [5.41, 5.74) is 7.91. The second kappa shape index (κ2) is 8.74. The molecule has 2 aromatic carbocycles. The molecule has 0 radical (unpaired) electrons. The SMILES string of the molecule is CC(C)NC(=O)[C@@H]1CN(C(=O)[C@@H](N)Cc2ccccc2)C[C@@]12Cc1ccccc1C(=O)N2. The van der Waals surface area contributed by atoms with Gasteiger partial charge in [0, 0.05) is 24.7 Å². The van der Waals surface area contributed by atoms with E-state index in [0.717, 1.165) is 11.1 Å². The molecule has 4 rings (SSSR count). The van der Waals surface area contributed by atoms with Gasteiger partial charge in [0.1, 0.15) is 0 Å². The number of carbonyl (C=O) groups excluding carboxylic acids is 3. The smallest absolute Gasteiger partial charge is 0.252 e. The quantitative estimate of drug-likeness (QED) is 0.659. The lowest BCUT2D eigenvalue weighted by molar-refractivity contribution is -0.132. The Morgan fingerprint density at radius 2 is 1.84 bits per heavy atom. The Hall–Kier alpha value is -3.19. The summed E-state index contributed by atoms with van der Waals surface area (Å²) in [5, 5.41) is 6.06. The minimum atomic E-state index is -0.855. The number of rotatable bonds is 5. The van der Waals surface area contributed by atoms with Gasteiger partial charge in [0.25, 0.3) is 5.91 Å². The number of likely N-dealkylation sites (tertiary alicyclic amines) is 1. The second-order valence-electron chi connectivity index (χ2n) is 9.18. The van der Waals surface area contributed by atoms with Gasteiger partial charge >= 0.3 is 0 Å². The van der Waals surface area contributed by atoms with Crippen LogP contribution in [0.15, 0.2) is 54.6 Å². The van der Waals surface area contributed by atoms with Crippen LogP contribution in [0.4, 0.5) is 0 Å². The molecule has 32 heavy (non-hydrogen) atoms. The van der Waals surface area contributed by atoms with E-state index < -0.39 is 17.5 Å². The van der Waals surface area contributed by atoms with Crippen LogP contribution in [0.1, 0.15) is 35.3 Å². The van der Waals surface area contributed by atoms with Crippen molar-refractivity contribution in [3.05, 3.63) is 71.3 Å². The monoisotopic (exact) mass is 434 g/mol. The third kappa shape index (κ3) is 4.25. The molecule has 168 valence electrons. The number of nitrogens with one attached hydrogen (secondary N) is 2. The van der Waals surface area contributed by atoms with Crippen molar-refractivity contribution in [2.75, 3.05) is 13.1 Å². The maximum Gasteiger partial charge on any atom is 0.252 e. The molecular formula is C25H30N4O3. The summed E-state index contributed by atoms with van der Waals surface area (Å²) >= 11 is 0. The minimum Gasteiger partial charge on any atom is -0.354 e. The molecule has 3 atom stereocenters. The molecule has 0 saturated carbocycles. The zero-order valence-corrected chi connectivity index (χ0v) is 18.5. The molecular weight excluding hydrogens is 404 g/mol. The maximum atomic E-state index is 13.2. The molecule has 4 N–H and O–H groups in total. The van der Waals surface area contributed by atoms with E-state index >= 15 is 0 Å². The van der Waals surface area contributed by atoms with Crippen molar-refractivity contribution < 1.29 is 14.4 Å². The number of nitrogens with two attached hydrogens (primary N) is 1. The van der Waals surface area contributed by atoms with Gasteiger partial charge in [-0.25, -0.2) is 0 Å². The molecule has 1 spiro atoms. The third-order valence-corrected chi connectivity index (χ3v) is 6.35. The van der Waals surface area contributed by atoms with E-state index in [2.05, 4.69) is 10.6 Å². The molecule has 2 aromatic rings. The van der Waals surface area contributed by atoms with Crippen LogP contribution in [-0.2, 0) is 22.4 Å². The van der Waals surface area contributed by atoms with Crippen molar-refractivity contribution >= 4 is 17.7 Å². The lowest BCUT2D eigenvalue weighted by Crippen LogP contribution is -2.62. The summed E-state index contributed by atoms with van der Waals surface area (Å²) in [7, 11) is 0. The Kier molecular flexibility index (Phi) is 6.02. The maximum absolute atomic E-state index is 13.2. The van der Waals surface area contributed by atoms with Crippen LogP contribution in [-0.4, -0.2) is 53.3 Å². The molecule has 1 saturated heterocycles. The largest absolute Gasteiger partial charge is 0.354 e. The molecule has 0 aliphatic carbocycles. The molecule has 0 unspecified atom stereocenters. The van der Waals surface area contributed by atoms with Gasteiger partial charge in [-0.3, -0.25) is 14.4 Å². The van der Waals surface area contributed by atoms with E-state index in [1.807, 2.05) is 62.4 Å². The number of hydrogen-bond donors (Lipinski definition) is 3. The highest BCUT2D eigenvalue weighted by atomic mass is 16.2. The van der Waals surface area contributed by atoms with Gasteiger partial charge in [-0.05, 0) is 43.9 Å². The van der Waals surface area contributed by atoms with Crippen LogP contribution in [0, 0.1) is 5.92 Å². The van der Waals surface area contributed by atoms with Crippen molar-refractivity contribution in [2.24, 2.45) is 11.7 Å². The summed E-state index contributed by atoms with van der Waals surface area (Å²) in [6.45, 7) is 4.27. The summed E-state index contributed by atoms with van der Waals surface area (Å²) in [6.07, 6.45) is 0.907. The van der Waals surface area contributed by atoms with Crippen LogP contribution in [0.3, 0.4) is 0 Å². The Bertz CT molecular complexity index is 1020. The highest BCUT2D eigenvalue weighted by molar-refractivity contribution is 5.98. The first-order valence-corrected chi connectivity index (χ1v) is 11.1. The molecule has 0 aromatic heterocycles. The number of carbonyl (C=O) groups is 3. The number of fused-ring (bicyclic) bond motifs is 1. The average Bonchev–Trinajstić information content (AvgIpc) is 3.11. The second-order valence-corrected chi connectivity index (χ2v) is 9.18. The van der Waals surface area contributed by atoms with E-state index in [4.69, 9.17) is 5.73 Å². The summed E-state index contributed by atoms with van der Waals surface area (Å²) in [5.74, 6) is -1.14. The highest BCUT2D eigenvalue weighted by Gasteiger charge is 2.54. The lowest BCUT2D eigenvalue weighted by atomic mass is 9.77. The molecule has 2 aliphatic heterocycles. The minimum absolute atomic E-state index is 0.0452. The van der Waals surface area contributed by atoms with Gasteiger partial charge in [-0.2, -0.15) is 0 Å². The molecule has 7 nitrogen and oxygen atoms in total. The summed E-state index contributed by atoms with van der Waals surface area (Å²) < 4.78 is 0. The Labute approximate surface area is 188 Å². The van der Waals surface area contributed by atoms with Gasteiger partial charge in [0.15, 0.2) is 0 Å². The average molecular weight is 435 g/mol. The van der Waals surface area contributed by atoms with E-state index in [1.165, 1.54) is 0 Å². The van der Waals surface area contributed by atoms with Crippen LogP contribution in [0.5, 0.6) is 0 Å². The van der Waals surface area contributed by atoms with Crippen molar-refractivity contribution in [3.8, 4) is 0 Å². The normalized spacial score (nSPS) is 23.1. The third-order valence-electron chi connectivity index (χ3n) is 6.35. The number of hydrogen-bond acceptors (Lipinski definition) is 4. The fourth-order valence-electron chi connectivity index (χ4n) is 4.87. The zero-order chi connectivity index (χ0) is 22.9. The standard InChI is InChI=1S/C25H30N4O3/c1-16(2)27-23(31)20-14-29(24(32)21(26)12-17-8-4-3-5-9-17)15-25(20)13-18-10-6-7-11-19(18)22(30)28-25/h3-11,16,20-21H,12-15,26H2,1-2H3,(H,27,31)(H,28,30)/t20-,21-,25-/m0/s1. The van der Waals surface area contributed by atoms with Gasteiger partial charge in [0.2, 0.25) is 11.8 Å². The van der Waals surface area contributed by atoms with Gasteiger partial charge in [0.05, 0.1) is 17.5 Å². The fraction of sp³-hybridized carbons (Fsp3) is 0.400. The first-order chi connectivity index (χ1) is 15.3. The Morgan fingerprint density at radius 3 is 2.56 bits per heavy atom. The van der Waals surface area contributed by atoms with Crippen LogP contribution in [0.25, 0.3) is 0 Å². The van der Waals surface area contributed by atoms with Crippen molar-refractivity contribution in [1.82, 2.24) is 15.5 Å². The van der Waals surface area contributed by atoms with Crippen molar-refractivity contribution in [2.45, 2.75) is 44.3 Å². The topological polar surface area (TPSA) is 105 Å². The number of benzene rings is 2. The van der Waals surface area contributed by atoms with E-state index in [-0.39, 0.29) is 36.9 Å². The van der Waals surface area contributed by atoms with Gasteiger partial charge in [-0.1, -0.05) is 48.5 Å². The number of nitrogens with zero attached hydrogens (tertiary/aromatic N) is 1. The van der Waals surface area contributed by atoms with E-state index in [9.17, 15) is 14.4 Å². The Morgan fingerprint density at radius 1 is 1.16 bits per heavy atom. The van der Waals surface area contributed by atoms with Crippen LogP contribution < -0.4 is 16.4 Å². The molecule has 3 amide bonds.